The minimum absolute atomic E-state index is 0.0770. The van der Waals surface area contributed by atoms with E-state index in [1.54, 1.807) is 19.2 Å². The van der Waals surface area contributed by atoms with E-state index >= 15 is 0 Å². The Morgan fingerprint density at radius 3 is 2.67 bits per heavy atom. The first kappa shape index (κ1) is 20.4. The van der Waals surface area contributed by atoms with Gasteiger partial charge in [-0.05, 0) is 38.9 Å². The molecule has 1 aromatic rings. The minimum atomic E-state index is -0.613. The number of aliphatic hydroxyl groups is 1. The largest absolute Gasteiger partial charge is 0.495 e. The minimum Gasteiger partial charge on any atom is -0.495 e. The lowest BCUT2D eigenvalue weighted by atomic mass is 10.2. The molecule has 6 heteroatoms. The van der Waals surface area contributed by atoms with Crippen molar-refractivity contribution in [3.05, 3.63) is 24.3 Å². The van der Waals surface area contributed by atoms with Crippen molar-refractivity contribution in [2.75, 3.05) is 38.7 Å². The number of anilines is 1. The highest BCUT2D eigenvalue weighted by atomic mass is 16.5. The van der Waals surface area contributed by atoms with E-state index in [0.717, 1.165) is 13.0 Å². The lowest BCUT2D eigenvalue weighted by Gasteiger charge is -2.24. The molecule has 0 aliphatic rings. The molecule has 1 unspecified atom stereocenters. The first-order valence-corrected chi connectivity index (χ1v) is 8.41. The Morgan fingerprint density at radius 1 is 1.33 bits per heavy atom. The zero-order valence-corrected chi connectivity index (χ0v) is 15.1. The fourth-order valence-corrected chi connectivity index (χ4v) is 2.35. The second-order valence-corrected chi connectivity index (χ2v) is 6.02. The number of carbonyl (C=O) groups is 1. The van der Waals surface area contributed by atoms with Crippen LogP contribution in [0.2, 0.25) is 0 Å². The second kappa shape index (κ2) is 11.0. The van der Waals surface area contributed by atoms with Crippen LogP contribution in [-0.2, 0) is 9.53 Å². The zero-order chi connectivity index (χ0) is 17.9. The molecule has 1 amide bonds. The Kier molecular flexibility index (Phi) is 9.37. The normalized spacial score (nSPS) is 12.5. The summed E-state index contributed by atoms with van der Waals surface area (Å²) in [5.74, 6) is 0.489. The number of hydrogen-bond donors (Lipinski definition) is 2. The summed E-state index contributed by atoms with van der Waals surface area (Å²) in [4.78, 5) is 14.2. The molecule has 0 aliphatic heterocycles. The van der Waals surface area contributed by atoms with Gasteiger partial charge in [0.15, 0.2) is 0 Å². The number of nitrogens with one attached hydrogen (secondary N) is 1. The molecule has 136 valence electrons. The van der Waals surface area contributed by atoms with Gasteiger partial charge in [-0.25, -0.2) is 0 Å². The highest BCUT2D eigenvalue weighted by Crippen LogP contribution is 2.22. The number of rotatable bonds is 11. The molecule has 6 nitrogen and oxygen atoms in total. The highest BCUT2D eigenvalue weighted by Gasteiger charge is 2.16. The van der Waals surface area contributed by atoms with E-state index in [0.29, 0.717) is 18.0 Å². The summed E-state index contributed by atoms with van der Waals surface area (Å²) >= 11 is 0. The van der Waals surface area contributed by atoms with Crippen LogP contribution < -0.4 is 10.1 Å². The van der Waals surface area contributed by atoms with Gasteiger partial charge in [-0.1, -0.05) is 19.1 Å². The van der Waals surface area contributed by atoms with Gasteiger partial charge in [-0.3, -0.25) is 9.69 Å². The fourth-order valence-electron chi connectivity index (χ4n) is 2.35. The third-order valence-electron chi connectivity index (χ3n) is 3.38. The Bertz CT molecular complexity index is 494. The van der Waals surface area contributed by atoms with Gasteiger partial charge in [0.2, 0.25) is 5.91 Å². The maximum Gasteiger partial charge on any atom is 0.238 e. The van der Waals surface area contributed by atoms with Gasteiger partial charge < -0.3 is 19.9 Å². The number of para-hydroxylation sites is 2. The first-order valence-electron chi connectivity index (χ1n) is 8.41. The molecule has 2 N–H and O–H groups in total. The van der Waals surface area contributed by atoms with Crippen molar-refractivity contribution in [1.29, 1.82) is 0 Å². The quantitative estimate of drug-likeness (QED) is 0.647. The number of hydrogen-bond acceptors (Lipinski definition) is 5. The molecule has 0 aromatic heterocycles. The van der Waals surface area contributed by atoms with Crippen LogP contribution in [0, 0.1) is 0 Å². The zero-order valence-electron chi connectivity index (χ0n) is 15.1. The van der Waals surface area contributed by atoms with Gasteiger partial charge in [0.1, 0.15) is 5.75 Å². The summed E-state index contributed by atoms with van der Waals surface area (Å²) in [6.07, 6.45) is 0.366. The lowest BCUT2D eigenvalue weighted by molar-refractivity contribution is -0.117. The maximum atomic E-state index is 12.3. The van der Waals surface area contributed by atoms with Crippen LogP contribution in [0.4, 0.5) is 5.69 Å². The molecule has 0 saturated carbocycles. The molecule has 0 spiro atoms. The third kappa shape index (κ3) is 7.77. The van der Waals surface area contributed by atoms with Gasteiger partial charge in [0.25, 0.3) is 0 Å². The van der Waals surface area contributed by atoms with E-state index in [1.165, 1.54) is 0 Å². The average molecular weight is 338 g/mol. The van der Waals surface area contributed by atoms with Crippen molar-refractivity contribution in [2.24, 2.45) is 0 Å². The summed E-state index contributed by atoms with van der Waals surface area (Å²) in [5, 5.41) is 12.9. The monoisotopic (exact) mass is 338 g/mol. The average Bonchev–Trinajstić information content (AvgIpc) is 2.53. The Labute approximate surface area is 144 Å². The molecule has 0 bridgehead atoms. The standard InChI is InChI=1S/C18H30N2O4/c1-5-10-20(11-15(21)13-24-14(2)3)12-18(22)19-16-8-6-7-9-17(16)23-4/h6-9,14-15,21H,5,10-13H2,1-4H3,(H,19,22). The molecule has 0 aliphatic carbocycles. The predicted octanol–water partition coefficient (Wildman–Crippen LogP) is 2.13. The molecular formula is C18H30N2O4. The molecular weight excluding hydrogens is 308 g/mol. The molecule has 1 rings (SSSR count). The van der Waals surface area contributed by atoms with Gasteiger partial charge in [0, 0.05) is 6.54 Å². The number of amides is 1. The van der Waals surface area contributed by atoms with Crippen LogP contribution in [0.15, 0.2) is 24.3 Å². The van der Waals surface area contributed by atoms with Gasteiger partial charge in [0.05, 0.1) is 38.2 Å². The molecule has 0 heterocycles. The number of carbonyl (C=O) groups excluding carboxylic acids is 1. The van der Waals surface area contributed by atoms with Crippen LogP contribution in [0.3, 0.4) is 0 Å². The van der Waals surface area contributed by atoms with E-state index in [9.17, 15) is 9.90 Å². The number of ether oxygens (including phenoxy) is 2. The SMILES string of the molecule is CCCN(CC(=O)Nc1ccccc1OC)CC(O)COC(C)C. The molecule has 0 saturated heterocycles. The summed E-state index contributed by atoms with van der Waals surface area (Å²) in [6.45, 7) is 7.52. The Hall–Kier alpha value is -1.63. The molecule has 0 fully saturated rings. The van der Waals surface area contributed by atoms with Crippen molar-refractivity contribution < 1.29 is 19.4 Å². The van der Waals surface area contributed by atoms with Crippen LogP contribution in [-0.4, -0.2) is 61.5 Å². The van der Waals surface area contributed by atoms with E-state index in [-0.39, 0.29) is 25.2 Å². The molecule has 24 heavy (non-hydrogen) atoms. The molecule has 1 aromatic carbocycles. The van der Waals surface area contributed by atoms with Gasteiger partial charge in [-0.2, -0.15) is 0 Å². The van der Waals surface area contributed by atoms with Crippen LogP contribution in [0.5, 0.6) is 5.75 Å². The third-order valence-corrected chi connectivity index (χ3v) is 3.38. The molecule has 0 radical (unpaired) electrons. The number of nitrogens with zero attached hydrogens (tertiary/aromatic N) is 1. The van der Waals surface area contributed by atoms with E-state index in [4.69, 9.17) is 9.47 Å². The summed E-state index contributed by atoms with van der Waals surface area (Å²) in [7, 11) is 1.57. The van der Waals surface area contributed by atoms with Gasteiger partial charge in [-0.15, -0.1) is 0 Å². The van der Waals surface area contributed by atoms with Gasteiger partial charge >= 0.3 is 0 Å². The topological polar surface area (TPSA) is 71.0 Å². The van der Waals surface area contributed by atoms with E-state index < -0.39 is 6.10 Å². The first-order chi connectivity index (χ1) is 11.5. The van der Waals surface area contributed by atoms with Crippen molar-refractivity contribution in [1.82, 2.24) is 4.90 Å². The van der Waals surface area contributed by atoms with Crippen LogP contribution >= 0.6 is 0 Å². The summed E-state index contributed by atoms with van der Waals surface area (Å²) in [6, 6.07) is 7.29. The number of aliphatic hydroxyl groups excluding tert-OH is 1. The summed E-state index contributed by atoms with van der Waals surface area (Å²) in [5.41, 5.74) is 0.644. The van der Waals surface area contributed by atoms with Crippen molar-refractivity contribution in [3.63, 3.8) is 0 Å². The second-order valence-electron chi connectivity index (χ2n) is 6.02. The van der Waals surface area contributed by atoms with Crippen molar-refractivity contribution in [2.45, 2.75) is 39.4 Å². The Morgan fingerprint density at radius 2 is 2.04 bits per heavy atom. The highest BCUT2D eigenvalue weighted by molar-refractivity contribution is 5.93. The number of benzene rings is 1. The fraction of sp³-hybridized carbons (Fsp3) is 0.611. The molecule has 1 atom stereocenters. The van der Waals surface area contributed by atoms with Crippen LogP contribution in [0.25, 0.3) is 0 Å². The number of methoxy groups -OCH3 is 1. The van der Waals surface area contributed by atoms with E-state index in [2.05, 4.69) is 5.32 Å². The maximum absolute atomic E-state index is 12.3. The van der Waals surface area contributed by atoms with Crippen molar-refractivity contribution in [3.8, 4) is 5.75 Å². The van der Waals surface area contributed by atoms with E-state index in [1.807, 2.05) is 37.8 Å². The Balaban J connectivity index is 2.55. The van der Waals surface area contributed by atoms with Crippen LogP contribution in [0.1, 0.15) is 27.2 Å². The lowest BCUT2D eigenvalue weighted by Crippen LogP contribution is -2.40. The predicted molar refractivity (Wildman–Crippen MR) is 95.4 cm³/mol. The smallest absolute Gasteiger partial charge is 0.238 e. The summed E-state index contributed by atoms with van der Waals surface area (Å²) < 4.78 is 10.7. The van der Waals surface area contributed by atoms with Crippen molar-refractivity contribution >= 4 is 11.6 Å².